The van der Waals surface area contributed by atoms with E-state index in [1.54, 1.807) is 57.1 Å². The number of fused-ring (bicyclic) bond motifs is 3. The molecule has 89 heavy (non-hydrogen) atoms. The summed E-state index contributed by atoms with van der Waals surface area (Å²) in [5.41, 5.74) is 4.70. The summed E-state index contributed by atoms with van der Waals surface area (Å²) in [6, 6.07) is 25.2. The van der Waals surface area contributed by atoms with Gasteiger partial charge in [0.1, 0.15) is 29.3 Å². The molecule has 0 fully saturated rings. The average molecular weight is 1280 g/mol. The number of nitrogens with zero attached hydrogens (tertiary/aromatic N) is 10. The fourth-order valence-electron chi connectivity index (χ4n) is 9.16. The van der Waals surface area contributed by atoms with Crippen LogP contribution in [-0.4, -0.2) is 119 Å². The first kappa shape index (κ1) is 65.4. The number of rotatable bonds is 17. The van der Waals surface area contributed by atoms with Crippen molar-refractivity contribution in [2.75, 3.05) is 57.4 Å². The van der Waals surface area contributed by atoms with E-state index in [2.05, 4.69) is 56.1 Å². The van der Waals surface area contributed by atoms with Crippen molar-refractivity contribution in [3.05, 3.63) is 195 Å². The van der Waals surface area contributed by atoms with Crippen molar-refractivity contribution in [2.24, 2.45) is 0 Å². The van der Waals surface area contributed by atoms with Crippen molar-refractivity contribution in [1.29, 1.82) is 0 Å². The number of hydrogen-bond acceptors (Lipinski definition) is 14. The summed E-state index contributed by atoms with van der Waals surface area (Å²) in [5, 5.41) is 27.4. The zero-order valence-electron chi connectivity index (χ0n) is 49.0. The number of anilines is 3. The molecule has 5 N–H and O–H groups in total. The van der Waals surface area contributed by atoms with E-state index in [0.29, 0.717) is 70.1 Å². The fourth-order valence-corrected chi connectivity index (χ4v) is 9.70. The van der Waals surface area contributed by atoms with Gasteiger partial charge in [-0.05, 0) is 105 Å². The standard InChI is InChI=1S/C22H20ClFN6O2.C22H23ClFN3O3.C18H17ClFN5O2/c1-13(30(2)22(31)28-14-7-8-19(24)18(23)9-14)17-10-25-21(16-6-4-3-5-15(16)17)32-11-20-26-12-27-29-20;1-14(18-13-25-21(30-2)17-7-4-3-6-16(17)18)27(10-5-11-28)22(29)26-15-8-9-20(24)19(23)12-15;1-10(12-9-23-17(27-3)16-15(12)21-6-7-22-16)25(2)18(26)24-11-4-5-14(20)13(19)8-11/h3-10,12-13H,11H2,1-2H3,(H,28,31)(H,26,27,29);3-4,6-9,12-14,28H,5,10-11H2,1-2H3,(H,26,29);4-10H,1-3H3,(H,24,26). The number of ether oxygens (including phenoxy) is 3. The quantitative estimate of drug-likeness (QED) is 0.0569. The Balaban J connectivity index is 0.000000173. The van der Waals surface area contributed by atoms with Crippen LogP contribution in [0, 0.1) is 17.5 Å². The number of carbonyl (C=O) groups excluding carboxylic acids is 3. The summed E-state index contributed by atoms with van der Waals surface area (Å²) < 4.78 is 56.5. The highest BCUT2D eigenvalue weighted by Gasteiger charge is 2.27. The second-order valence-electron chi connectivity index (χ2n) is 19.7. The maximum Gasteiger partial charge on any atom is 0.322 e. The predicted molar refractivity (Wildman–Crippen MR) is 335 cm³/mol. The Morgan fingerprint density at radius 1 is 0.562 bits per heavy atom. The Morgan fingerprint density at radius 2 is 1.00 bits per heavy atom. The van der Waals surface area contributed by atoms with Crippen LogP contribution in [-0.2, 0) is 6.61 Å². The minimum atomic E-state index is -0.559. The molecule has 0 spiro atoms. The van der Waals surface area contributed by atoms with Gasteiger partial charge in [-0.15, -0.1) is 0 Å². The Bertz CT molecular complexity index is 4130. The number of methoxy groups -OCH3 is 2. The third-order valence-corrected chi connectivity index (χ3v) is 15.1. The maximum absolute atomic E-state index is 13.4. The van der Waals surface area contributed by atoms with Crippen LogP contribution in [0.15, 0.2) is 140 Å². The molecule has 0 saturated heterocycles. The van der Waals surface area contributed by atoms with Crippen molar-refractivity contribution in [1.82, 2.24) is 54.8 Å². The van der Waals surface area contributed by atoms with Gasteiger partial charge < -0.3 is 50.0 Å². The Morgan fingerprint density at radius 3 is 1.48 bits per heavy atom. The summed E-state index contributed by atoms with van der Waals surface area (Å²) in [6.45, 7) is 6.07. The number of halogens is 6. The second kappa shape index (κ2) is 30.3. The summed E-state index contributed by atoms with van der Waals surface area (Å²) in [5.74, 6) is 0.187. The molecule has 462 valence electrons. The minimum Gasteiger partial charge on any atom is -0.481 e. The van der Waals surface area contributed by atoms with Gasteiger partial charge >= 0.3 is 18.1 Å². The van der Waals surface area contributed by atoms with Gasteiger partial charge in [0.25, 0.3) is 0 Å². The molecule has 10 rings (SSSR count). The van der Waals surface area contributed by atoms with E-state index in [0.717, 1.165) is 32.7 Å². The van der Waals surface area contributed by atoms with Gasteiger partial charge in [-0.3, -0.25) is 10.1 Å². The lowest BCUT2D eigenvalue weighted by molar-refractivity contribution is 0.182. The monoisotopic (exact) mass is 1270 g/mol. The zero-order valence-corrected chi connectivity index (χ0v) is 51.2. The molecule has 3 atom stereocenters. The van der Waals surface area contributed by atoms with Crippen LogP contribution in [0.1, 0.15) is 67.8 Å². The maximum atomic E-state index is 13.4. The zero-order chi connectivity index (χ0) is 63.9. The molecule has 27 heteroatoms. The third kappa shape index (κ3) is 15.9. The minimum absolute atomic E-state index is 0.0551. The molecule has 0 aliphatic carbocycles. The largest absolute Gasteiger partial charge is 0.481 e. The van der Waals surface area contributed by atoms with Crippen molar-refractivity contribution in [3.8, 4) is 17.6 Å². The van der Waals surface area contributed by atoms with E-state index in [-0.39, 0.29) is 52.4 Å². The van der Waals surface area contributed by atoms with Gasteiger partial charge in [0.05, 0.1) is 47.4 Å². The molecule has 0 aliphatic heterocycles. The smallest absolute Gasteiger partial charge is 0.322 e. The Hall–Kier alpha value is -9.62. The molecule has 0 aliphatic rings. The van der Waals surface area contributed by atoms with Crippen LogP contribution in [0.2, 0.25) is 15.1 Å². The predicted octanol–water partition coefficient (Wildman–Crippen LogP) is 14.0. The summed E-state index contributed by atoms with van der Waals surface area (Å²) in [4.78, 5) is 68.8. The number of pyridine rings is 3. The molecule has 0 saturated carbocycles. The number of carbonyl (C=O) groups is 3. The third-order valence-electron chi connectivity index (χ3n) is 14.2. The van der Waals surface area contributed by atoms with Crippen LogP contribution in [0.5, 0.6) is 17.6 Å². The molecule has 5 heterocycles. The van der Waals surface area contributed by atoms with Crippen molar-refractivity contribution in [2.45, 2.75) is 51.9 Å². The van der Waals surface area contributed by atoms with E-state index >= 15 is 0 Å². The average Bonchev–Trinajstić information content (AvgIpc) is 1.56. The number of urea groups is 3. The first-order valence-corrected chi connectivity index (χ1v) is 28.5. The lowest BCUT2D eigenvalue weighted by atomic mass is 10.0. The van der Waals surface area contributed by atoms with Crippen LogP contribution in [0.25, 0.3) is 32.6 Å². The van der Waals surface area contributed by atoms with E-state index in [1.807, 2.05) is 69.3 Å². The van der Waals surface area contributed by atoms with Gasteiger partial charge in [0.15, 0.2) is 17.9 Å². The van der Waals surface area contributed by atoms with E-state index in [1.165, 1.54) is 77.8 Å². The number of hydrogen-bond donors (Lipinski definition) is 5. The number of aliphatic hydroxyl groups excluding tert-OH is 1. The SMILES string of the molecule is CC(c1cnc(OCc2nc[nH]n2)c2ccccc12)N(C)C(=O)Nc1ccc(F)c(Cl)c1.COc1ncc(C(C)N(C)C(=O)Nc2ccc(F)c(Cl)c2)c2nccnc12.COc1ncc(C(C)N(CCCO)C(=O)Nc2ccc(F)c(Cl)c2)c2ccccc12. The summed E-state index contributed by atoms with van der Waals surface area (Å²) in [7, 11) is 6.38. The number of nitrogens with one attached hydrogen (secondary N) is 4. The Labute approximate surface area is 524 Å². The van der Waals surface area contributed by atoms with Gasteiger partial charge in [-0.2, -0.15) is 5.10 Å². The number of benzene rings is 5. The number of aliphatic hydroxyl groups is 1. The highest BCUT2D eigenvalue weighted by Crippen LogP contribution is 2.35. The second-order valence-corrected chi connectivity index (χ2v) is 20.9. The first-order chi connectivity index (χ1) is 42.8. The summed E-state index contributed by atoms with van der Waals surface area (Å²) in [6.07, 6.45) is 10.0. The van der Waals surface area contributed by atoms with Crippen LogP contribution >= 0.6 is 34.8 Å². The van der Waals surface area contributed by atoms with Crippen molar-refractivity contribution in [3.63, 3.8) is 0 Å². The van der Waals surface area contributed by atoms with Gasteiger partial charge in [-0.25, -0.2) is 52.5 Å². The van der Waals surface area contributed by atoms with E-state index in [9.17, 15) is 32.7 Å². The highest BCUT2D eigenvalue weighted by molar-refractivity contribution is 6.31. The highest BCUT2D eigenvalue weighted by atomic mass is 35.5. The molecule has 21 nitrogen and oxygen atoms in total. The van der Waals surface area contributed by atoms with Gasteiger partial charge in [0, 0.05) is 103 Å². The normalized spacial score (nSPS) is 11.9. The van der Waals surface area contributed by atoms with Crippen molar-refractivity contribution < 1.29 is 46.9 Å². The topological polar surface area (TPSA) is 251 Å². The molecule has 5 aromatic heterocycles. The number of aromatic amines is 1. The van der Waals surface area contributed by atoms with Crippen molar-refractivity contribution >= 4 is 103 Å². The van der Waals surface area contributed by atoms with Crippen LogP contribution in [0.4, 0.5) is 44.6 Å². The number of amides is 6. The Kier molecular flexibility index (Phi) is 22.3. The molecular weight excluding hydrogens is 1220 g/mol. The van der Waals surface area contributed by atoms with Gasteiger partial charge in [-0.1, -0.05) is 71.2 Å². The molecule has 5 aromatic carbocycles. The fraction of sp³-hybridized carbons (Fsp3) is 0.226. The lowest BCUT2D eigenvalue weighted by Crippen LogP contribution is -2.38. The molecule has 0 radical (unpaired) electrons. The number of aromatic nitrogens is 8. The molecule has 3 unspecified atom stereocenters. The van der Waals surface area contributed by atoms with Gasteiger partial charge in [0.2, 0.25) is 17.6 Å². The van der Waals surface area contributed by atoms with Crippen LogP contribution in [0.3, 0.4) is 0 Å². The first-order valence-electron chi connectivity index (χ1n) is 27.3. The molecule has 0 bridgehead atoms. The summed E-state index contributed by atoms with van der Waals surface area (Å²) >= 11 is 17.4. The lowest BCUT2D eigenvalue weighted by Gasteiger charge is -2.30. The molecule has 10 aromatic rings. The number of H-pyrrole nitrogens is 1. The van der Waals surface area contributed by atoms with E-state index in [4.69, 9.17) is 49.0 Å². The molecule has 6 amide bonds. The van der Waals surface area contributed by atoms with E-state index < -0.39 is 29.5 Å². The van der Waals surface area contributed by atoms with Crippen LogP contribution < -0.4 is 30.2 Å². The molecular formula is C62H60Cl3F3N14O7.